The molecule has 1 unspecified atom stereocenters. The van der Waals surface area contributed by atoms with Crippen LogP contribution in [0.4, 0.5) is 0 Å². The molecular formula is C13H19N3O. The lowest BCUT2D eigenvalue weighted by molar-refractivity contribution is 0.205. The minimum absolute atomic E-state index is 0.388. The second-order valence-electron chi connectivity index (χ2n) is 4.78. The molecule has 2 rings (SSSR count). The van der Waals surface area contributed by atoms with Gasteiger partial charge in [-0.3, -0.25) is 0 Å². The van der Waals surface area contributed by atoms with Crippen LogP contribution in [0.1, 0.15) is 24.4 Å². The number of likely N-dealkylation sites (tertiary alicyclic amines) is 1. The van der Waals surface area contributed by atoms with Gasteiger partial charge in [-0.05, 0) is 51.0 Å². The maximum absolute atomic E-state index is 8.64. The number of nitrogens with one attached hydrogen (secondary N) is 1. The average Bonchev–Trinajstić information content (AvgIpc) is 2.77. The topological polar surface area (TPSA) is 52.2 Å². The molecule has 17 heavy (non-hydrogen) atoms. The molecule has 1 saturated heterocycles. The van der Waals surface area contributed by atoms with Crippen molar-refractivity contribution in [3.8, 4) is 6.07 Å². The molecule has 0 amide bonds. The summed E-state index contributed by atoms with van der Waals surface area (Å²) >= 11 is 0. The Balaban J connectivity index is 1.70. The highest BCUT2D eigenvalue weighted by Gasteiger charge is 2.16. The molecule has 0 saturated carbocycles. The quantitative estimate of drug-likeness (QED) is 0.858. The summed E-state index contributed by atoms with van der Waals surface area (Å²) in [7, 11) is 2.18. The molecule has 1 aliphatic rings. The van der Waals surface area contributed by atoms with Gasteiger partial charge in [-0.1, -0.05) is 0 Å². The first-order valence-electron chi connectivity index (χ1n) is 6.16. The van der Waals surface area contributed by atoms with E-state index in [2.05, 4.69) is 17.3 Å². The van der Waals surface area contributed by atoms with Crippen molar-refractivity contribution < 1.29 is 4.42 Å². The molecule has 1 aliphatic heterocycles. The van der Waals surface area contributed by atoms with Crippen LogP contribution in [-0.2, 0) is 6.54 Å². The van der Waals surface area contributed by atoms with E-state index in [-0.39, 0.29) is 0 Å². The van der Waals surface area contributed by atoms with Crippen LogP contribution in [0, 0.1) is 17.2 Å². The first kappa shape index (κ1) is 12.2. The van der Waals surface area contributed by atoms with Gasteiger partial charge in [0.05, 0.1) is 6.54 Å². The summed E-state index contributed by atoms with van der Waals surface area (Å²) in [6, 6.07) is 5.57. The minimum Gasteiger partial charge on any atom is -0.449 e. The predicted molar refractivity (Wildman–Crippen MR) is 65.4 cm³/mol. The highest BCUT2D eigenvalue weighted by Crippen LogP contribution is 2.14. The monoisotopic (exact) mass is 233 g/mol. The van der Waals surface area contributed by atoms with E-state index in [4.69, 9.17) is 9.68 Å². The van der Waals surface area contributed by atoms with Crippen LogP contribution < -0.4 is 5.32 Å². The van der Waals surface area contributed by atoms with Gasteiger partial charge in [0.2, 0.25) is 5.76 Å². The summed E-state index contributed by atoms with van der Waals surface area (Å²) in [5.41, 5.74) is 0. The fraction of sp³-hybridized carbons (Fsp3) is 0.615. The van der Waals surface area contributed by atoms with Gasteiger partial charge >= 0.3 is 0 Å². The first-order chi connectivity index (χ1) is 8.28. The summed E-state index contributed by atoms with van der Waals surface area (Å²) in [4.78, 5) is 2.39. The number of nitrogens with zero attached hydrogens (tertiary/aromatic N) is 2. The molecule has 1 aromatic heterocycles. The van der Waals surface area contributed by atoms with E-state index < -0.39 is 0 Å². The number of piperidine rings is 1. The molecule has 1 fully saturated rings. The van der Waals surface area contributed by atoms with Crippen molar-refractivity contribution in [1.29, 1.82) is 5.26 Å². The van der Waals surface area contributed by atoms with Crippen LogP contribution in [0.25, 0.3) is 0 Å². The largest absolute Gasteiger partial charge is 0.449 e. The molecule has 4 nitrogen and oxygen atoms in total. The zero-order chi connectivity index (χ0) is 12.1. The molecule has 0 spiro atoms. The van der Waals surface area contributed by atoms with Crippen molar-refractivity contribution in [3.63, 3.8) is 0 Å². The smallest absolute Gasteiger partial charge is 0.203 e. The number of furan rings is 1. The van der Waals surface area contributed by atoms with Crippen LogP contribution >= 0.6 is 0 Å². The summed E-state index contributed by atoms with van der Waals surface area (Å²) < 4.78 is 5.31. The van der Waals surface area contributed by atoms with Gasteiger partial charge in [0.25, 0.3) is 0 Å². The molecule has 92 valence electrons. The van der Waals surface area contributed by atoms with E-state index in [1.54, 1.807) is 6.07 Å². The highest BCUT2D eigenvalue weighted by atomic mass is 16.3. The Morgan fingerprint density at radius 1 is 1.59 bits per heavy atom. The van der Waals surface area contributed by atoms with Crippen molar-refractivity contribution in [2.45, 2.75) is 19.4 Å². The number of hydrogen-bond donors (Lipinski definition) is 1. The Morgan fingerprint density at radius 2 is 2.47 bits per heavy atom. The second-order valence-corrected chi connectivity index (χ2v) is 4.78. The number of rotatable bonds is 4. The van der Waals surface area contributed by atoms with E-state index in [1.807, 2.05) is 12.1 Å². The van der Waals surface area contributed by atoms with Crippen molar-refractivity contribution in [2.75, 3.05) is 26.7 Å². The fourth-order valence-electron chi connectivity index (χ4n) is 2.37. The van der Waals surface area contributed by atoms with Gasteiger partial charge in [-0.25, -0.2) is 0 Å². The van der Waals surface area contributed by atoms with Gasteiger partial charge in [-0.15, -0.1) is 0 Å². The summed E-state index contributed by atoms with van der Waals surface area (Å²) in [5, 5.41) is 12.0. The predicted octanol–water partition coefficient (Wildman–Crippen LogP) is 1.58. The molecule has 2 heterocycles. The Labute approximate surface area is 102 Å². The lowest BCUT2D eigenvalue weighted by Gasteiger charge is -2.29. The van der Waals surface area contributed by atoms with E-state index in [0.717, 1.165) is 18.2 Å². The van der Waals surface area contributed by atoms with Gasteiger partial charge in [0, 0.05) is 6.54 Å². The second kappa shape index (κ2) is 5.85. The van der Waals surface area contributed by atoms with E-state index >= 15 is 0 Å². The van der Waals surface area contributed by atoms with Gasteiger partial charge in [-0.2, -0.15) is 5.26 Å². The Morgan fingerprint density at radius 3 is 3.18 bits per heavy atom. The molecule has 0 bridgehead atoms. The lowest BCUT2D eigenvalue weighted by atomic mass is 9.98. The van der Waals surface area contributed by atoms with Crippen molar-refractivity contribution in [2.24, 2.45) is 5.92 Å². The van der Waals surface area contributed by atoms with Crippen LogP contribution in [0.2, 0.25) is 0 Å². The SMILES string of the molecule is CN1CCCC(CNCc2ccc(C#N)o2)C1. The molecule has 1 N–H and O–H groups in total. The van der Waals surface area contributed by atoms with Crippen LogP contribution in [0.3, 0.4) is 0 Å². The maximum atomic E-state index is 8.64. The standard InChI is InChI=1S/C13H19N3O/c1-16-6-2-3-11(10-16)8-15-9-13-5-4-12(7-14)17-13/h4-5,11,15H,2-3,6,8-10H2,1H3. The first-order valence-corrected chi connectivity index (χ1v) is 6.16. The number of hydrogen-bond acceptors (Lipinski definition) is 4. The van der Waals surface area contributed by atoms with E-state index in [9.17, 15) is 0 Å². The summed E-state index contributed by atoms with van der Waals surface area (Å²) in [6.45, 7) is 4.13. The zero-order valence-corrected chi connectivity index (χ0v) is 10.3. The molecule has 0 radical (unpaired) electrons. The molecule has 4 heteroatoms. The minimum atomic E-state index is 0.388. The van der Waals surface area contributed by atoms with Crippen LogP contribution in [0.5, 0.6) is 0 Å². The molecule has 1 aromatic rings. The normalized spacial score (nSPS) is 21.3. The van der Waals surface area contributed by atoms with Crippen molar-refractivity contribution in [1.82, 2.24) is 10.2 Å². The Bertz CT molecular complexity index is 394. The molecule has 1 atom stereocenters. The fourth-order valence-corrected chi connectivity index (χ4v) is 2.37. The average molecular weight is 233 g/mol. The zero-order valence-electron chi connectivity index (χ0n) is 10.3. The molecular weight excluding hydrogens is 214 g/mol. The third-order valence-electron chi connectivity index (χ3n) is 3.23. The van der Waals surface area contributed by atoms with Crippen LogP contribution in [0.15, 0.2) is 16.5 Å². The Hall–Kier alpha value is -1.31. The van der Waals surface area contributed by atoms with Crippen molar-refractivity contribution in [3.05, 3.63) is 23.7 Å². The van der Waals surface area contributed by atoms with Gasteiger partial charge < -0.3 is 14.6 Å². The third kappa shape index (κ3) is 3.58. The van der Waals surface area contributed by atoms with Crippen molar-refractivity contribution >= 4 is 0 Å². The lowest BCUT2D eigenvalue weighted by Crippen LogP contribution is -2.37. The third-order valence-corrected chi connectivity index (χ3v) is 3.23. The molecule has 0 aromatic carbocycles. The van der Waals surface area contributed by atoms with Gasteiger partial charge in [0.1, 0.15) is 11.8 Å². The summed E-state index contributed by atoms with van der Waals surface area (Å²) in [5.74, 6) is 1.96. The Kier molecular flexibility index (Phi) is 4.18. The maximum Gasteiger partial charge on any atom is 0.203 e. The van der Waals surface area contributed by atoms with E-state index in [1.165, 1.54) is 25.9 Å². The summed E-state index contributed by atoms with van der Waals surface area (Å²) in [6.07, 6.45) is 2.60. The van der Waals surface area contributed by atoms with E-state index in [0.29, 0.717) is 12.3 Å². The van der Waals surface area contributed by atoms with Gasteiger partial charge in [0.15, 0.2) is 0 Å². The van der Waals surface area contributed by atoms with Crippen LogP contribution in [-0.4, -0.2) is 31.6 Å². The molecule has 0 aliphatic carbocycles. The number of nitriles is 1. The highest BCUT2D eigenvalue weighted by molar-refractivity contribution is 5.18.